The molecule has 6 nitrogen and oxygen atoms in total. The van der Waals surface area contributed by atoms with Gasteiger partial charge in [-0.05, 0) is 12.8 Å². The topological polar surface area (TPSA) is 91.5 Å². The first-order chi connectivity index (χ1) is 7.52. The molecule has 1 aliphatic rings. The molecule has 1 saturated carbocycles. The first-order valence-corrected chi connectivity index (χ1v) is 6.29. The van der Waals surface area contributed by atoms with E-state index in [-0.39, 0.29) is 16.9 Å². The van der Waals surface area contributed by atoms with E-state index in [1.807, 2.05) is 0 Å². The number of methoxy groups -OCH3 is 1. The largest absolute Gasteiger partial charge is 0.493 e. The molecule has 2 N–H and O–H groups in total. The van der Waals surface area contributed by atoms with Crippen LogP contribution in [0.5, 0.6) is 11.5 Å². The first kappa shape index (κ1) is 11.2. The smallest absolute Gasteiger partial charge is 0.259 e. The van der Waals surface area contributed by atoms with Crippen LogP contribution >= 0.6 is 0 Å². The Bertz CT molecular complexity index is 496. The molecular formula is C9H12N2O4S. The van der Waals surface area contributed by atoms with E-state index in [1.165, 1.54) is 19.4 Å². The number of nitrogens with zero attached hydrogens (tertiary/aromatic N) is 1. The van der Waals surface area contributed by atoms with Crippen LogP contribution in [0.25, 0.3) is 0 Å². The van der Waals surface area contributed by atoms with Crippen molar-refractivity contribution in [2.45, 2.75) is 24.0 Å². The van der Waals surface area contributed by atoms with Crippen molar-refractivity contribution in [2.24, 2.45) is 5.14 Å². The Morgan fingerprint density at radius 1 is 1.50 bits per heavy atom. The highest BCUT2D eigenvalue weighted by molar-refractivity contribution is 7.89. The molecule has 0 spiro atoms. The van der Waals surface area contributed by atoms with Crippen molar-refractivity contribution in [1.82, 2.24) is 4.98 Å². The third-order valence-corrected chi connectivity index (χ3v) is 2.96. The molecule has 2 rings (SSSR count). The molecule has 0 amide bonds. The molecule has 1 aromatic rings. The third-order valence-electron chi connectivity index (χ3n) is 2.13. The number of primary sulfonamides is 1. The highest BCUT2D eigenvalue weighted by Crippen LogP contribution is 2.36. The minimum Gasteiger partial charge on any atom is -0.493 e. The Balaban J connectivity index is 2.49. The van der Waals surface area contributed by atoms with Crippen LogP contribution in [0.3, 0.4) is 0 Å². The van der Waals surface area contributed by atoms with E-state index in [0.717, 1.165) is 12.8 Å². The monoisotopic (exact) mass is 244 g/mol. The predicted molar refractivity (Wildman–Crippen MR) is 55.8 cm³/mol. The molecule has 0 unspecified atom stereocenters. The summed E-state index contributed by atoms with van der Waals surface area (Å²) in [7, 11) is -2.47. The molecule has 1 heterocycles. The van der Waals surface area contributed by atoms with Crippen LogP contribution in [0.2, 0.25) is 0 Å². The summed E-state index contributed by atoms with van der Waals surface area (Å²) in [4.78, 5) is 3.72. The van der Waals surface area contributed by atoms with Gasteiger partial charge < -0.3 is 9.47 Å². The maximum Gasteiger partial charge on any atom is 0.259 e. The SMILES string of the molecule is COc1ccnc(S(N)(=O)=O)c1OC1CC1. The molecule has 1 fully saturated rings. The number of pyridine rings is 1. The second-order valence-corrected chi connectivity index (χ2v) is 4.99. The molecule has 0 aliphatic heterocycles. The first-order valence-electron chi connectivity index (χ1n) is 4.75. The standard InChI is InChI=1S/C9H12N2O4S/c1-14-7-4-5-11-9(16(10,12)13)8(7)15-6-2-3-6/h4-6H,2-3H2,1H3,(H2,10,12,13). The fourth-order valence-corrected chi connectivity index (χ4v) is 1.85. The fraction of sp³-hybridized carbons (Fsp3) is 0.444. The van der Waals surface area contributed by atoms with Crippen LogP contribution in [0.4, 0.5) is 0 Å². The van der Waals surface area contributed by atoms with Crippen molar-refractivity contribution < 1.29 is 17.9 Å². The van der Waals surface area contributed by atoms with Gasteiger partial charge in [-0.1, -0.05) is 0 Å². The summed E-state index contributed by atoms with van der Waals surface area (Å²) in [6.45, 7) is 0. The van der Waals surface area contributed by atoms with Gasteiger partial charge >= 0.3 is 0 Å². The molecule has 0 saturated heterocycles. The lowest BCUT2D eigenvalue weighted by molar-refractivity contribution is 0.271. The molecule has 7 heteroatoms. The summed E-state index contributed by atoms with van der Waals surface area (Å²) in [5, 5.41) is 4.77. The Hall–Kier alpha value is -1.34. The summed E-state index contributed by atoms with van der Waals surface area (Å²) in [5.41, 5.74) is 0. The van der Waals surface area contributed by atoms with E-state index in [4.69, 9.17) is 14.6 Å². The summed E-state index contributed by atoms with van der Waals surface area (Å²) < 4.78 is 33.1. The minimum absolute atomic E-state index is 0.0404. The number of hydrogen-bond donors (Lipinski definition) is 1. The summed E-state index contributed by atoms with van der Waals surface area (Å²) in [6, 6.07) is 1.53. The average Bonchev–Trinajstić information content (AvgIpc) is 3.00. The van der Waals surface area contributed by atoms with E-state index < -0.39 is 10.0 Å². The van der Waals surface area contributed by atoms with Crippen molar-refractivity contribution in [3.63, 3.8) is 0 Å². The lowest BCUT2D eigenvalue weighted by atomic mass is 10.4. The number of aromatic nitrogens is 1. The summed E-state index contributed by atoms with van der Waals surface area (Å²) in [5.74, 6) is 0.431. The van der Waals surface area contributed by atoms with Crippen molar-refractivity contribution >= 4 is 10.0 Å². The molecular weight excluding hydrogens is 232 g/mol. The lowest BCUT2D eigenvalue weighted by Crippen LogP contribution is -2.16. The predicted octanol–water partition coefficient (Wildman–Crippen LogP) is 0.279. The third kappa shape index (κ3) is 2.25. The van der Waals surface area contributed by atoms with Crippen LogP contribution in [-0.4, -0.2) is 26.6 Å². The van der Waals surface area contributed by atoms with Gasteiger partial charge in [0.2, 0.25) is 10.8 Å². The van der Waals surface area contributed by atoms with Crippen LogP contribution < -0.4 is 14.6 Å². The zero-order valence-electron chi connectivity index (χ0n) is 8.71. The Morgan fingerprint density at radius 3 is 2.69 bits per heavy atom. The van der Waals surface area contributed by atoms with Crippen molar-refractivity contribution in [3.05, 3.63) is 12.3 Å². The van der Waals surface area contributed by atoms with E-state index in [1.54, 1.807) is 0 Å². The van der Waals surface area contributed by atoms with Gasteiger partial charge in [-0.3, -0.25) is 0 Å². The van der Waals surface area contributed by atoms with E-state index >= 15 is 0 Å². The highest BCUT2D eigenvalue weighted by atomic mass is 32.2. The lowest BCUT2D eigenvalue weighted by Gasteiger charge is -2.12. The maximum absolute atomic E-state index is 11.3. The Labute approximate surface area is 93.4 Å². The van der Waals surface area contributed by atoms with Gasteiger partial charge in [0, 0.05) is 12.3 Å². The quantitative estimate of drug-likeness (QED) is 0.821. The maximum atomic E-state index is 11.3. The van der Waals surface area contributed by atoms with E-state index in [9.17, 15) is 8.42 Å². The van der Waals surface area contributed by atoms with Crippen molar-refractivity contribution in [3.8, 4) is 11.5 Å². The van der Waals surface area contributed by atoms with Gasteiger partial charge in [0.05, 0.1) is 13.2 Å². The van der Waals surface area contributed by atoms with Crippen LogP contribution in [-0.2, 0) is 10.0 Å². The summed E-state index contributed by atoms with van der Waals surface area (Å²) in [6.07, 6.45) is 3.17. The highest BCUT2D eigenvalue weighted by Gasteiger charge is 2.29. The van der Waals surface area contributed by atoms with E-state index in [0.29, 0.717) is 5.75 Å². The number of rotatable bonds is 4. The van der Waals surface area contributed by atoms with Crippen molar-refractivity contribution in [2.75, 3.05) is 7.11 Å². The van der Waals surface area contributed by atoms with Gasteiger partial charge in [-0.15, -0.1) is 0 Å². The Morgan fingerprint density at radius 2 is 2.19 bits per heavy atom. The van der Waals surface area contributed by atoms with Gasteiger partial charge in [0.25, 0.3) is 10.0 Å². The van der Waals surface area contributed by atoms with Crippen LogP contribution in [0.1, 0.15) is 12.8 Å². The molecule has 88 valence electrons. The molecule has 0 atom stereocenters. The second-order valence-electron chi connectivity index (χ2n) is 3.51. The van der Waals surface area contributed by atoms with Gasteiger partial charge in [0.1, 0.15) is 0 Å². The van der Waals surface area contributed by atoms with Gasteiger partial charge in [0.15, 0.2) is 5.75 Å². The number of hydrogen-bond acceptors (Lipinski definition) is 5. The van der Waals surface area contributed by atoms with Crippen LogP contribution in [0, 0.1) is 0 Å². The van der Waals surface area contributed by atoms with E-state index in [2.05, 4.69) is 4.98 Å². The molecule has 1 aromatic heterocycles. The normalized spacial score (nSPS) is 15.9. The summed E-state index contributed by atoms with van der Waals surface area (Å²) >= 11 is 0. The fourth-order valence-electron chi connectivity index (χ4n) is 1.24. The zero-order chi connectivity index (χ0) is 11.8. The van der Waals surface area contributed by atoms with Crippen LogP contribution in [0.15, 0.2) is 17.3 Å². The molecule has 1 aliphatic carbocycles. The van der Waals surface area contributed by atoms with Gasteiger partial charge in [-0.2, -0.15) is 0 Å². The Kier molecular flexibility index (Phi) is 2.73. The number of sulfonamides is 1. The molecule has 0 radical (unpaired) electrons. The average molecular weight is 244 g/mol. The minimum atomic E-state index is -3.90. The molecule has 0 bridgehead atoms. The molecule has 16 heavy (non-hydrogen) atoms. The van der Waals surface area contributed by atoms with Gasteiger partial charge in [-0.25, -0.2) is 18.5 Å². The van der Waals surface area contributed by atoms with Crippen molar-refractivity contribution in [1.29, 1.82) is 0 Å². The number of ether oxygens (including phenoxy) is 2. The number of nitrogens with two attached hydrogens (primary N) is 1. The molecule has 0 aromatic carbocycles. The second kappa shape index (κ2) is 3.91. The zero-order valence-corrected chi connectivity index (χ0v) is 9.53.